The Hall–Kier alpha value is -0.300. The summed E-state index contributed by atoms with van der Waals surface area (Å²) in [6, 6.07) is 0. The molecule has 0 aromatic carbocycles. The van der Waals surface area contributed by atoms with E-state index in [1.165, 1.54) is 128 Å². The Kier molecular flexibility index (Phi) is 12.9. The maximum absolute atomic E-state index is 5.85. The van der Waals surface area contributed by atoms with Crippen LogP contribution in [0.25, 0.3) is 0 Å². The average Bonchev–Trinajstić information content (AvgIpc) is 2.88. The molecule has 3 fully saturated rings. The number of hydrogen-bond donors (Lipinski definition) is 0. The van der Waals surface area contributed by atoms with Gasteiger partial charge >= 0.3 is 0 Å². The number of unbranched alkanes of at least 4 members (excludes halogenated alkanes) is 3. The number of ether oxygens (including phenoxy) is 1. The minimum Gasteiger partial charge on any atom is -0.377 e. The van der Waals surface area contributed by atoms with Crippen molar-refractivity contribution in [2.24, 2.45) is 29.1 Å². The van der Waals surface area contributed by atoms with E-state index < -0.39 is 0 Å². The van der Waals surface area contributed by atoms with Crippen molar-refractivity contribution in [1.29, 1.82) is 0 Å². The fraction of sp³-hybridized carbons (Fsp3) is 0.938. The van der Waals surface area contributed by atoms with E-state index >= 15 is 0 Å². The lowest BCUT2D eigenvalue weighted by atomic mass is 9.58. The van der Waals surface area contributed by atoms with Crippen LogP contribution in [0.3, 0.4) is 0 Å². The summed E-state index contributed by atoms with van der Waals surface area (Å²) < 4.78 is 5.85. The van der Waals surface area contributed by atoms with Gasteiger partial charge in [-0.3, -0.25) is 0 Å². The predicted molar refractivity (Wildman–Crippen MR) is 145 cm³/mol. The Morgan fingerprint density at radius 3 is 2.15 bits per heavy atom. The third-order valence-electron chi connectivity index (χ3n) is 10.2. The van der Waals surface area contributed by atoms with Crippen LogP contribution in [0.4, 0.5) is 0 Å². The van der Waals surface area contributed by atoms with E-state index in [2.05, 4.69) is 13.5 Å². The van der Waals surface area contributed by atoms with E-state index in [1.807, 2.05) is 6.08 Å². The molecule has 0 bridgehead atoms. The van der Waals surface area contributed by atoms with Crippen molar-refractivity contribution in [1.82, 2.24) is 0 Å². The summed E-state index contributed by atoms with van der Waals surface area (Å²) in [5.74, 6) is 3.92. The monoisotopic (exact) mass is 458 g/mol. The van der Waals surface area contributed by atoms with Gasteiger partial charge in [-0.15, -0.1) is 6.58 Å². The lowest BCUT2D eigenvalue weighted by Crippen LogP contribution is -2.37. The van der Waals surface area contributed by atoms with Crippen LogP contribution in [0, 0.1) is 29.1 Å². The first-order valence-electron chi connectivity index (χ1n) is 15.5. The lowest BCUT2D eigenvalue weighted by molar-refractivity contribution is 0.0127. The summed E-state index contributed by atoms with van der Waals surface area (Å²) in [5.41, 5.74) is 0.675. The second kappa shape index (κ2) is 15.6. The molecule has 0 aromatic heterocycles. The molecular weight excluding hydrogens is 400 g/mol. The van der Waals surface area contributed by atoms with Crippen molar-refractivity contribution < 1.29 is 4.74 Å². The maximum atomic E-state index is 5.85. The molecule has 0 radical (unpaired) electrons. The standard InChI is InChI=1S/C32H58O/c1-3-5-6-9-15-30(29-16-10-7-11-17-29)18-14-23-32(31-19-12-8-13-20-31)24-21-28(22-25-32)27-33-26-4-2/h4,28-31H,2-3,5-27H2,1H3/t28-,30?,32+. The summed E-state index contributed by atoms with van der Waals surface area (Å²) in [4.78, 5) is 0. The first-order chi connectivity index (χ1) is 16.3. The van der Waals surface area contributed by atoms with Gasteiger partial charge in [-0.2, -0.15) is 0 Å². The second-order valence-corrected chi connectivity index (χ2v) is 12.4. The Morgan fingerprint density at radius 2 is 1.48 bits per heavy atom. The summed E-state index contributed by atoms with van der Waals surface area (Å²) in [6.45, 7) is 7.86. The summed E-state index contributed by atoms with van der Waals surface area (Å²) in [6.07, 6.45) is 34.8. The Morgan fingerprint density at radius 1 is 0.818 bits per heavy atom. The van der Waals surface area contributed by atoms with Gasteiger partial charge in [0.05, 0.1) is 6.61 Å². The molecule has 3 aliphatic carbocycles. The van der Waals surface area contributed by atoms with Crippen molar-refractivity contribution in [3.05, 3.63) is 12.7 Å². The molecule has 0 amide bonds. The van der Waals surface area contributed by atoms with Crippen LogP contribution in [-0.4, -0.2) is 13.2 Å². The zero-order valence-electron chi connectivity index (χ0n) is 22.5. The van der Waals surface area contributed by atoms with Crippen LogP contribution in [0.5, 0.6) is 0 Å². The SMILES string of the molecule is C=CCOC[C@H]1CC[C@@](CCCC(CCCCCC)C2CCCCC2)(C2CCCCC2)CC1. The molecule has 0 aromatic rings. The van der Waals surface area contributed by atoms with Gasteiger partial charge in [-0.25, -0.2) is 0 Å². The van der Waals surface area contributed by atoms with Crippen molar-refractivity contribution in [2.45, 2.75) is 148 Å². The predicted octanol–water partition coefficient (Wildman–Crippen LogP) is 10.3. The van der Waals surface area contributed by atoms with E-state index in [1.54, 1.807) is 12.8 Å². The van der Waals surface area contributed by atoms with Gasteiger partial charge in [-0.1, -0.05) is 109 Å². The molecule has 0 N–H and O–H groups in total. The normalized spacial score (nSPS) is 28.6. The molecule has 1 unspecified atom stereocenters. The molecule has 1 atom stereocenters. The highest BCUT2D eigenvalue weighted by molar-refractivity contribution is 4.92. The Bertz CT molecular complexity index is 491. The molecule has 3 rings (SSSR count). The van der Waals surface area contributed by atoms with Crippen molar-refractivity contribution >= 4 is 0 Å². The van der Waals surface area contributed by atoms with Gasteiger partial charge < -0.3 is 4.74 Å². The van der Waals surface area contributed by atoms with E-state index in [9.17, 15) is 0 Å². The van der Waals surface area contributed by atoms with E-state index in [-0.39, 0.29) is 0 Å². The first kappa shape index (κ1) is 27.3. The fourth-order valence-corrected chi connectivity index (χ4v) is 8.09. The molecular formula is C32H58O. The van der Waals surface area contributed by atoms with Gasteiger partial charge in [0.1, 0.15) is 0 Å². The van der Waals surface area contributed by atoms with Gasteiger partial charge in [0, 0.05) is 6.61 Å². The molecule has 1 nitrogen and oxygen atoms in total. The van der Waals surface area contributed by atoms with Gasteiger partial charge in [0.2, 0.25) is 0 Å². The largest absolute Gasteiger partial charge is 0.377 e. The van der Waals surface area contributed by atoms with Crippen molar-refractivity contribution in [3.8, 4) is 0 Å². The fourth-order valence-electron chi connectivity index (χ4n) is 8.09. The van der Waals surface area contributed by atoms with Gasteiger partial charge in [0.15, 0.2) is 0 Å². The van der Waals surface area contributed by atoms with Crippen molar-refractivity contribution in [2.75, 3.05) is 13.2 Å². The summed E-state index contributed by atoms with van der Waals surface area (Å²) >= 11 is 0. The minimum absolute atomic E-state index is 0.675. The zero-order chi connectivity index (χ0) is 23.2. The molecule has 3 saturated carbocycles. The van der Waals surface area contributed by atoms with E-state index in [4.69, 9.17) is 4.74 Å². The molecule has 0 spiro atoms. The number of rotatable bonds is 15. The molecule has 1 heteroatoms. The van der Waals surface area contributed by atoms with E-state index in [0.717, 1.165) is 36.9 Å². The third-order valence-corrected chi connectivity index (χ3v) is 10.2. The molecule has 33 heavy (non-hydrogen) atoms. The topological polar surface area (TPSA) is 9.23 Å². The lowest BCUT2D eigenvalue weighted by Gasteiger charge is -2.48. The Balaban J connectivity index is 1.53. The quantitative estimate of drug-likeness (QED) is 0.175. The van der Waals surface area contributed by atoms with Crippen LogP contribution >= 0.6 is 0 Å². The van der Waals surface area contributed by atoms with Crippen molar-refractivity contribution in [3.63, 3.8) is 0 Å². The van der Waals surface area contributed by atoms with E-state index in [0.29, 0.717) is 5.41 Å². The molecule has 0 saturated heterocycles. The molecule has 0 aliphatic heterocycles. The summed E-state index contributed by atoms with van der Waals surface area (Å²) in [7, 11) is 0. The van der Waals surface area contributed by atoms with Crippen LogP contribution in [0.2, 0.25) is 0 Å². The molecule has 3 aliphatic rings. The second-order valence-electron chi connectivity index (χ2n) is 12.4. The van der Waals surface area contributed by atoms with Crippen LogP contribution in [0.15, 0.2) is 12.7 Å². The van der Waals surface area contributed by atoms with Crippen LogP contribution < -0.4 is 0 Å². The van der Waals surface area contributed by atoms with Gasteiger partial charge in [0.25, 0.3) is 0 Å². The molecule has 192 valence electrons. The van der Waals surface area contributed by atoms with Crippen LogP contribution in [0.1, 0.15) is 148 Å². The average molecular weight is 459 g/mol. The first-order valence-corrected chi connectivity index (χ1v) is 15.5. The third kappa shape index (κ3) is 9.01. The number of hydrogen-bond acceptors (Lipinski definition) is 1. The highest BCUT2D eigenvalue weighted by atomic mass is 16.5. The maximum Gasteiger partial charge on any atom is 0.0644 e. The highest BCUT2D eigenvalue weighted by Crippen LogP contribution is 2.53. The van der Waals surface area contributed by atoms with Gasteiger partial charge in [-0.05, 0) is 74.0 Å². The minimum atomic E-state index is 0.675. The summed E-state index contributed by atoms with van der Waals surface area (Å²) in [5, 5.41) is 0. The highest BCUT2D eigenvalue weighted by Gasteiger charge is 2.41. The Labute approximate surface area is 207 Å². The smallest absolute Gasteiger partial charge is 0.0644 e. The molecule has 0 heterocycles. The zero-order valence-corrected chi connectivity index (χ0v) is 22.5. The van der Waals surface area contributed by atoms with Crippen LogP contribution in [-0.2, 0) is 4.74 Å².